The van der Waals surface area contributed by atoms with Gasteiger partial charge in [-0.3, -0.25) is 10.1 Å². The van der Waals surface area contributed by atoms with Crippen molar-refractivity contribution in [2.45, 2.75) is 6.42 Å². The Bertz CT molecular complexity index is 340. The molecule has 0 atom stereocenters. The fourth-order valence-corrected chi connectivity index (χ4v) is 1.02. The van der Waals surface area contributed by atoms with E-state index in [9.17, 15) is 4.79 Å². The number of hydrogen-bond acceptors (Lipinski definition) is 2. The first-order valence-corrected chi connectivity index (χ1v) is 4.02. The minimum Gasteiger partial charge on any atom is -0.274 e. The lowest BCUT2D eigenvalue weighted by Crippen LogP contribution is -2.19. The largest absolute Gasteiger partial charge is 0.274 e. The third-order valence-corrected chi connectivity index (χ3v) is 1.73. The van der Waals surface area contributed by atoms with Crippen LogP contribution in [0.3, 0.4) is 0 Å². The van der Waals surface area contributed by atoms with Crippen molar-refractivity contribution in [1.29, 1.82) is 5.26 Å². The molecule has 0 aliphatic carbocycles. The number of rotatable bonds is 2. The number of nitriles is 1. The van der Waals surface area contributed by atoms with E-state index in [0.717, 1.165) is 5.56 Å². The van der Waals surface area contributed by atoms with E-state index in [4.69, 9.17) is 16.9 Å². The molecule has 1 N–H and O–H groups in total. The van der Waals surface area contributed by atoms with Gasteiger partial charge in [-0.25, -0.2) is 0 Å². The maximum absolute atomic E-state index is 10.9. The molecule has 0 spiro atoms. The monoisotopic (exact) mass is 194 g/mol. The van der Waals surface area contributed by atoms with Gasteiger partial charge >= 0.3 is 0 Å². The van der Waals surface area contributed by atoms with E-state index in [-0.39, 0.29) is 12.3 Å². The quantitative estimate of drug-likeness (QED) is 0.573. The summed E-state index contributed by atoms with van der Waals surface area (Å²) in [6.45, 7) is 0. The number of carbonyl (C=O) groups excluding carboxylic acids is 1. The van der Waals surface area contributed by atoms with Crippen LogP contribution in [0.5, 0.6) is 0 Å². The fraction of sp³-hybridized carbons (Fsp3) is 0.111. The van der Waals surface area contributed by atoms with Gasteiger partial charge in [-0.15, -0.1) is 0 Å². The molecule has 66 valence electrons. The summed E-state index contributed by atoms with van der Waals surface area (Å²) in [4.78, 5) is 10.9. The summed E-state index contributed by atoms with van der Waals surface area (Å²) in [5, 5.41) is 10.8. The Morgan fingerprint density at radius 2 is 2.08 bits per heavy atom. The minimum absolute atomic E-state index is 0.199. The summed E-state index contributed by atoms with van der Waals surface area (Å²) >= 11 is 5.66. The van der Waals surface area contributed by atoms with E-state index in [1.807, 2.05) is 5.32 Å². The zero-order valence-corrected chi connectivity index (χ0v) is 7.51. The van der Waals surface area contributed by atoms with Crippen molar-refractivity contribution in [3.05, 3.63) is 34.9 Å². The standard InChI is InChI=1S/C9H7ClN2O/c10-8-3-1-7(2-4-8)5-9(13)12-6-11/h1-4H,5H2,(H,12,13). The summed E-state index contributed by atoms with van der Waals surface area (Å²) in [7, 11) is 0. The molecule has 0 bridgehead atoms. The molecular formula is C9H7ClN2O. The van der Waals surface area contributed by atoms with Gasteiger partial charge in [-0.1, -0.05) is 23.7 Å². The number of halogens is 1. The van der Waals surface area contributed by atoms with Crippen molar-refractivity contribution < 1.29 is 4.79 Å². The third kappa shape index (κ3) is 3.14. The van der Waals surface area contributed by atoms with Crippen LogP contribution in [-0.4, -0.2) is 5.91 Å². The summed E-state index contributed by atoms with van der Waals surface area (Å²) in [5.74, 6) is -0.315. The van der Waals surface area contributed by atoms with Crippen molar-refractivity contribution >= 4 is 17.5 Å². The van der Waals surface area contributed by atoms with Crippen molar-refractivity contribution in [2.24, 2.45) is 0 Å². The molecule has 13 heavy (non-hydrogen) atoms. The number of carbonyl (C=O) groups is 1. The lowest BCUT2D eigenvalue weighted by Gasteiger charge is -1.98. The van der Waals surface area contributed by atoms with Gasteiger partial charge in [-0.2, -0.15) is 5.26 Å². The van der Waals surface area contributed by atoms with Crippen molar-refractivity contribution in [3.8, 4) is 6.19 Å². The predicted octanol–water partition coefficient (Wildman–Crippen LogP) is 1.48. The molecule has 0 heterocycles. The van der Waals surface area contributed by atoms with Crippen LogP contribution in [0.4, 0.5) is 0 Å². The Kier molecular flexibility index (Phi) is 3.30. The first-order chi connectivity index (χ1) is 6.22. The van der Waals surface area contributed by atoms with Crippen molar-refractivity contribution in [1.82, 2.24) is 5.32 Å². The Hall–Kier alpha value is -1.53. The first kappa shape index (κ1) is 9.56. The highest BCUT2D eigenvalue weighted by molar-refractivity contribution is 6.30. The highest BCUT2D eigenvalue weighted by atomic mass is 35.5. The molecule has 1 aromatic carbocycles. The SMILES string of the molecule is N#CNC(=O)Cc1ccc(Cl)cc1. The Balaban J connectivity index is 2.60. The molecule has 0 aliphatic heterocycles. The Morgan fingerprint density at radius 1 is 1.46 bits per heavy atom. The number of benzene rings is 1. The summed E-state index contributed by atoms with van der Waals surface area (Å²) < 4.78 is 0. The maximum atomic E-state index is 10.9. The average molecular weight is 195 g/mol. The zero-order valence-electron chi connectivity index (χ0n) is 6.75. The smallest absolute Gasteiger partial charge is 0.237 e. The van der Waals surface area contributed by atoms with Gasteiger partial charge in [0.15, 0.2) is 6.19 Å². The third-order valence-electron chi connectivity index (χ3n) is 1.47. The summed E-state index contributed by atoms with van der Waals surface area (Å²) in [6.07, 6.45) is 1.77. The van der Waals surface area contributed by atoms with Crippen molar-refractivity contribution in [3.63, 3.8) is 0 Å². The number of hydrogen-bond donors (Lipinski definition) is 1. The normalized spacial score (nSPS) is 8.92. The summed E-state index contributed by atoms with van der Waals surface area (Å²) in [5.41, 5.74) is 0.831. The van der Waals surface area contributed by atoms with Crippen LogP contribution >= 0.6 is 11.6 Å². The highest BCUT2D eigenvalue weighted by Gasteiger charge is 2.01. The van der Waals surface area contributed by atoms with Gasteiger partial charge in [-0.05, 0) is 17.7 Å². The summed E-state index contributed by atoms with van der Waals surface area (Å²) in [6, 6.07) is 6.91. The lowest BCUT2D eigenvalue weighted by atomic mass is 10.1. The molecule has 0 saturated carbocycles. The van der Waals surface area contributed by atoms with Gasteiger partial charge in [0.25, 0.3) is 0 Å². The molecule has 0 radical (unpaired) electrons. The second-order valence-corrected chi connectivity index (χ2v) is 2.90. The van der Waals surface area contributed by atoms with Crippen LogP contribution in [0, 0.1) is 11.5 Å². The predicted molar refractivity (Wildman–Crippen MR) is 48.9 cm³/mol. The van der Waals surface area contributed by atoms with E-state index in [0.29, 0.717) is 5.02 Å². The minimum atomic E-state index is -0.315. The van der Waals surface area contributed by atoms with Crippen LogP contribution in [0.15, 0.2) is 24.3 Å². The van der Waals surface area contributed by atoms with E-state index < -0.39 is 0 Å². The zero-order chi connectivity index (χ0) is 9.68. The molecule has 0 unspecified atom stereocenters. The van der Waals surface area contributed by atoms with E-state index in [1.165, 1.54) is 0 Å². The van der Waals surface area contributed by atoms with Crippen LogP contribution in [0.25, 0.3) is 0 Å². The van der Waals surface area contributed by atoms with Crippen LogP contribution in [0.1, 0.15) is 5.56 Å². The van der Waals surface area contributed by atoms with E-state index in [1.54, 1.807) is 30.5 Å². The Labute approximate surface area is 80.9 Å². The molecule has 0 fully saturated rings. The van der Waals surface area contributed by atoms with Gasteiger partial charge in [0.05, 0.1) is 6.42 Å². The highest BCUT2D eigenvalue weighted by Crippen LogP contribution is 2.09. The Morgan fingerprint density at radius 3 is 2.62 bits per heavy atom. The molecule has 4 heteroatoms. The topological polar surface area (TPSA) is 52.9 Å². The van der Waals surface area contributed by atoms with Gasteiger partial charge < -0.3 is 0 Å². The van der Waals surface area contributed by atoms with E-state index >= 15 is 0 Å². The lowest BCUT2D eigenvalue weighted by molar-refractivity contribution is -0.119. The fourth-order valence-electron chi connectivity index (χ4n) is 0.894. The van der Waals surface area contributed by atoms with Gasteiger partial charge in [0.2, 0.25) is 5.91 Å². The second kappa shape index (κ2) is 4.48. The molecule has 1 amide bonds. The van der Waals surface area contributed by atoms with Gasteiger partial charge in [0, 0.05) is 5.02 Å². The van der Waals surface area contributed by atoms with Crippen LogP contribution in [0.2, 0.25) is 5.02 Å². The van der Waals surface area contributed by atoms with Crippen LogP contribution < -0.4 is 5.32 Å². The second-order valence-electron chi connectivity index (χ2n) is 2.46. The first-order valence-electron chi connectivity index (χ1n) is 3.65. The van der Waals surface area contributed by atoms with Crippen molar-refractivity contribution in [2.75, 3.05) is 0 Å². The average Bonchev–Trinajstić information content (AvgIpc) is 2.09. The van der Waals surface area contributed by atoms with Gasteiger partial charge in [0.1, 0.15) is 0 Å². The van der Waals surface area contributed by atoms with Crippen LogP contribution in [-0.2, 0) is 11.2 Å². The molecule has 0 aromatic heterocycles. The number of nitrogens with one attached hydrogen (secondary N) is 1. The number of amides is 1. The number of nitrogens with zero attached hydrogens (tertiary/aromatic N) is 1. The molecule has 0 aliphatic rings. The maximum Gasteiger partial charge on any atom is 0.237 e. The molecule has 1 aromatic rings. The molecule has 1 rings (SSSR count). The molecule has 3 nitrogen and oxygen atoms in total. The molecular weight excluding hydrogens is 188 g/mol. The van der Waals surface area contributed by atoms with E-state index in [2.05, 4.69) is 0 Å². The molecule has 0 saturated heterocycles.